The van der Waals surface area contributed by atoms with Crippen LogP contribution in [0, 0.1) is 5.82 Å². The molecule has 8 heteroatoms. The van der Waals surface area contributed by atoms with Crippen molar-refractivity contribution in [2.24, 2.45) is 0 Å². The Morgan fingerprint density at radius 3 is 2.63 bits per heavy atom. The van der Waals surface area contributed by atoms with E-state index in [0.717, 1.165) is 10.1 Å². The number of amides is 1. The van der Waals surface area contributed by atoms with Gasteiger partial charge < -0.3 is 15.1 Å². The molecule has 2 aromatic carbocycles. The van der Waals surface area contributed by atoms with E-state index >= 15 is 0 Å². The zero-order valence-corrected chi connectivity index (χ0v) is 16.1. The third-order valence-electron chi connectivity index (χ3n) is 4.12. The summed E-state index contributed by atoms with van der Waals surface area (Å²) in [6, 6.07) is 14.9. The summed E-state index contributed by atoms with van der Waals surface area (Å²) in [6.45, 7) is 0. The van der Waals surface area contributed by atoms with E-state index in [1.807, 2.05) is 24.3 Å². The molecule has 1 amide bonds. The maximum Gasteiger partial charge on any atom is 0.325 e. The third-order valence-corrected chi connectivity index (χ3v) is 6.08. The van der Waals surface area contributed by atoms with Gasteiger partial charge in [0.05, 0.1) is 11.0 Å². The topological polar surface area (TPSA) is 86.6 Å². The Bertz CT molecular complexity index is 967. The average Bonchev–Trinajstić information content (AvgIpc) is 3.03. The summed E-state index contributed by atoms with van der Waals surface area (Å²) in [6.07, 6.45) is 0.0332. The number of benzene rings is 2. The maximum atomic E-state index is 13.4. The summed E-state index contributed by atoms with van der Waals surface area (Å²) in [7, 11) is -4.20. The van der Waals surface area contributed by atoms with Gasteiger partial charge in [-0.05, 0) is 48.1 Å². The van der Waals surface area contributed by atoms with Crippen molar-refractivity contribution < 1.29 is 23.5 Å². The van der Waals surface area contributed by atoms with Gasteiger partial charge in [0.2, 0.25) is 0 Å². The molecule has 3 aromatic rings. The summed E-state index contributed by atoms with van der Waals surface area (Å²) in [5.41, 5.74) is 0.655. The number of thiophene rings is 1. The number of hydrogen-bond donors (Lipinski definition) is 3. The Morgan fingerprint density at radius 2 is 1.93 bits per heavy atom. The highest BCUT2D eigenvalue weighted by atomic mass is 32.1. The van der Waals surface area contributed by atoms with E-state index < -0.39 is 19.5 Å². The Kier molecular flexibility index (Phi) is 6.07. The standard InChI is InChI=1S/C19H19FNO4PS/c20-15-6-3-4-13(10-15)11-16(8-9-26(23,24)25)21-19(22)18-12-14-5-1-2-7-17(14)27-18/h1-7,10,12,16H,8-9,11H2,(H,21,22)(H2,23,24,25). The average molecular weight is 407 g/mol. The van der Waals surface area contributed by atoms with E-state index in [9.17, 15) is 13.8 Å². The van der Waals surface area contributed by atoms with Gasteiger partial charge in [0.1, 0.15) is 5.82 Å². The molecule has 0 fully saturated rings. The van der Waals surface area contributed by atoms with Crippen LogP contribution >= 0.6 is 18.9 Å². The predicted octanol–water partition coefficient (Wildman–Crippen LogP) is 3.95. The van der Waals surface area contributed by atoms with Crippen LogP contribution in [0.15, 0.2) is 54.6 Å². The van der Waals surface area contributed by atoms with Crippen molar-refractivity contribution >= 4 is 34.9 Å². The molecule has 0 radical (unpaired) electrons. The molecule has 0 aliphatic rings. The molecule has 3 rings (SSSR count). The molecule has 0 bridgehead atoms. The van der Waals surface area contributed by atoms with Crippen LogP contribution in [-0.2, 0) is 11.0 Å². The molecule has 0 saturated carbocycles. The van der Waals surface area contributed by atoms with Gasteiger partial charge in [-0.1, -0.05) is 30.3 Å². The van der Waals surface area contributed by atoms with Crippen LogP contribution in [0.4, 0.5) is 4.39 Å². The highest BCUT2D eigenvalue weighted by Crippen LogP contribution is 2.35. The second kappa shape index (κ2) is 8.31. The lowest BCUT2D eigenvalue weighted by atomic mass is 10.0. The van der Waals surface area contributed by atoms with E-state index in [0.29, 0.717) is 10.4 Å². The molecule has 5 nitrogen and oxygen atoms in total. The largest absolute Gasteiger partial charge is 0.348 e. The highest BCUT2D eigenvalue weighted by Gasteiger charge is 2.21. The number of halogens is 1. The monoisotopic (exact) mass is 407 g/mol. The predicted molar refractivity (Wildman–Crippen MR) is 105 cm³/mol. The number of rotatable bonds is 7. The van der Waals surface area contributed by atoms with E-state index in [1.165, 1.54) is 23.5 Å². The van der Waals surface area contributed by atoms with Crippen molar-refractivity contribution in [3.63, 3.8) is 0 Å². The molecule has 0 spiro atoms. The zero-order chi connectivity index (χ0) is 19.4. The highest BCUT2D eigenvalue weighted by molar-refractivity contribution is 7.51. The number of hydrogen-bond acceptors (Lipinski definition) is 3. The first-order valence-corrected chi connectivity index (χ1v) is 11.0. The van der Waals surface area contributed by atoms with Crippen LogP contribution in [0.5, 0.6) is 0 Å². The number of fused-ring (bicyclic) bond motifs is 1. The molecule has 0 aliphatic heterocycles. The summed E-state index contributed by atoms with van der Waals surface area (Å²) < 4.78 is 25.7. The van der Waals surface area contributed by atoms with Crippen molar-refractivity contribution in [3.05, 3.63) is 70.9 Å². The smallest absolute Gasteiger partial charge is 0.325 e. The molecule has 1 atom stereocenters. The molecule has 0 saturated heterocycles. The Labute approximate surface area is 160 Å². The molecular weight excluding hydrogens is 388 g/mol. The van der Waals surface area contributed by atoms with Crippen LogP contribution in [-0.4, -0.2) is 27.9 Å². The first-order chi connectivity index (χ1) is 12.8. The number of carbonyl (C=O) groups excluding carboxylic acids is 1. The van der Waals surface area contributed by atoms with Gasteiger partial charge in [-0.25, -0.2) is 4.39 Å². The van der Waals surface area contributed by atoms with Crippen molar-refractivity contribution in [2.75, 3.05) is 6.16 Å². The molecule has 0 aliphatic carbocycles. The van der Waals surface area contributed by atoms with Crippen LogP contribution in [0.1, 0.15) is 21.7 Å². The van der Waals surface area contributed by atoms with Crippen LogP contribution in [0.25, 0.3) is 10.1 Å². The Hall–Kier alpha value is -2.05. The van der Waals surface area contributed by atoms with Crippen molar-refractivity contribution in [1.29, 1.82) is 0 Å². The van der Waals surface area contributed by atoms with E-state index in [-0.39, 0.29) is 24.9 Å². The summed E-state index contributed by atoms with van der Waals surface area (Å²) in [5, 5.41) is 3.80. The van der Waals surface area contributed by atoms with Gasteiger partial charge >= 0.3 is 7.60 Å². The fourth-order valence-electron chi connectivity index (χ4n) is 2.85. The molecule has 1 unspecified atom stereocenters. The number of nitrogens with one attached hydrogen (secondary N) is 1. The Balaban J connectivity index is 1.76. The van der Waals surface area contributed by atoms with Crippen molar-refractivity contribution in [2.45, 2.75) is 18.9 Å². The second-order valence-corrected chi connectivity index (χ2v) is 9.19. The lowest BCUT2D eigenvalue weighted by Gasteiger charge is -2.19. The van der Waals surface area contributed by atoms with Gasteiger partial charge in [-0.2, -0.15) is 0 Å². The van der Waals surface area contributed by atoms with Crippen molar-refractivity contribution in [3.8, 4) is 0 Å². The molecule has 142 valence electrons. The van der Waals surface area contributed by atoms with Crippen LogP contribution < -0.4 is 5.32 Å². The molecule has 3 N–H and O–H groups in total. The fourth-order valence-corrected chi connectivity index (χ4v) is 4.46. The lowest BCUT2D eigenvalue weighted by molar-refractivity contribution is 0.0939. The van der Waals surface area contributed by atoms with Gasteiger partial charge in [-0.15, -0.1) is 11.3 Å². The molecular formula is C19H19FNO4PS. The molecule has 1 heterocycles. The zero-order valence-electron chi connectivity index (χ0n) is 14.3. The van der Waals surface area contributed by atoms with E-state index in [1.54, 1.807) is 18.2 Å². The second-order valence-electron chi connectivity index (χ2n) is 6.33. The lowest BCUT2D eigenvalue weighted by Crippen LogP contribution is -2.36. The quantitative estimate of drug-likeness (QED) is 0.518. The Morgan fingerprint density at radius 1 is 1.15 bits per heavy atom. The normalized spacial score (nSPS) is 12.9. The van der Waals surface area contributed by atoms with Crippen molar-refractivity contribution in [1.82, 2.24) is 5.32 Å². The third kappa shape index (κ3) is 5.71. The van der Waals surface area contributed by atoms with Gasteiger partial charge in [0, 0.05) is 10.7 Å². The molecule has 1 aromatic heterocycles. The maximum absolute atomic E-state index is 13.4. The first kappa shape index (κ1) is 19.7. The summed E-state index contributed by atoms with van der Waals surface area (Å²) in [5.74, 6) is -0.694. The minimum Gasteiger partial charge on any atom is -0.348 e. The minimum absolute atomic E-state index is 0.0947. The van der Waals surface area contributed by atoms with Crippen LogP contribution in [0.3, 0.4) is 0 Å². The van der Waals surface area contributed by atoms with Gasteiger partial charge in [0.25, 0.3) is 5.91 Å². The summed E-state index contributed by atoms with van der Waals surface area (Å²) in [4.78, 5) is 31.5. The fraction of sp³-hybridized carbons (Fsp3) is 0.211. The molecule has 27 heavy (non-hydrogen) atoms. The summed E-state index contributed by atoms with van der Waals surface area (Å²) >= 11 is 1.35. The van der Waals surface area contributed by atoms with Gasteiger partial charge in [-0.3, -0.25) is 9.36 Å². The first-order valence-electron chi connectivity index (χ1n) is 8.38. The SMILES string of the molecule is O=C(NC(CCP(=O)(O)O)Cc1cccc(F)c1)c1cc2ccccc2s1. The van der Waals surface area contributed by atoms with E-state index in [4.69, 9.17) is 9.79 Å². The minimum atomic E-state index is -4.20. The number of carbonyl (C=O) groups is 1. The van der Waals surface area contributed by atoms with E-state index in [2.05, 4.69) is 5.32 Å². The van der Waals surface area contributed by atoms with Crippen LogP contribution in [0.2, 0.25) is 0 Å². The van der Waals surface area contributed by atoms with Gasteiger partial charge in [0.15, 0.2) is 0 Å².